The van der Waals surface area contributed by atoms with Crippen molar-refractivity contribution >= 4 is 47.2 Å². The molecule has 0 bridgehead atoms. The number of nitrogens with one attached hydrogen (secondary N) is 3. The van der Waals surface area contributed by atoms with Crippen LogP contribution in [0.25, 0.3) is 22.7 Å². The zero-order valence-electron chi connectivity index (χ0n) is 30.5. The molecule has 2 atom stereocenters. The number of hydrogen-bond donors (Lipinski definition) is 6. The molecule has 56 heavy (non-hydrogen) atoms. The fourth-order valence-corrected chi connectivity index (χ4v) is 6.64. The average Bonchev–Trinajstić information content (AvgIpc) is 3.82. The summed E-state index contributed by atoms with van der Waals surface area (Å²) in [5.74, 6) is -3.50. The molecule has 5 rings (SSSR count). The number of carboxylic acid groups (broad SMARTS) is 2. The van der Waals surface area contributed by atoms with Gasteiger partial charge in [-0.2, -0.15) is 5.10 Å². The minimum absolute atomic E-state index is 0.0728. The lowest BCUT2D eigenvalue weighted by atomic mass is 10.1. The molecular weight excluding hydrogens is 749 g/mol. The second-order valence-corrected chi connectivity index (χ2v) is 14.2. The van der Waals surface area contributed by atoms with Crippen molar-refractivity contribution in [2.24, 2.45) is 5.73 Å². The number of carboxylic acids is 2. The Kier molecular flexibility index (Phi) is 14.2. The summed E-state index contributed by atoms with van der Waals surface area (Å²) in [4.78, 5) is 78.9. The third kappa shape index (κ3) is 11.4. The van der Waals surface area contributed by atoms with E-state index < -0.39 is 47.0 Å². The summed E-state index contributed by atoms with van der Waals surface area (Å²) in [6.07, 6.45) is 5.69. The predicted molar refractivity (Wildman–Crippen MR) is 203 cm³/mol. The number of fused-ring (bicyclic) bond motifs is 1. The van der Waals surface area contributed by atoms with Crippen LogP contribution < -0.4 is 27.2 Å². The highest BCUT2D eigenvalue weighted by atomic mass is 32.2. The quantitative estimate of drug-likeness (QED) is 0.0741. The summed E-state index contributed by atoms with van der Waals surface area (Å²) in [5.41, 5.74) is 9.07. The Morgan fingerprint density at radius 1 is 0.946 bits per heavy atom. The smallest absolute Gasteiger partial charge is 0.322 e. The summed E-state index contributed by atoms with van der Waals surface area (Å²) >= 11 is 0.742. The third-order valence-electron chi connectivity index (χ3n) is 8.68. The lowest BCUT2D eigenvalue weighted by Gasteiger charge is -2.16. The molecule has 7 N–H and O–H groups in total. The number of nitrogens with zero attached hydrogens (tertiary/aromatic N) is 6. The summed E-state index contributed by atoms with van der Waals surface area (Å²) in [5, 5.41) is 37.5. The number of pyridine rings is 1. The van der Waals surface area contributed by atoms with Crippen LogP contribution in [0.2, 0.25) is 0 Å². The highest BCUT2D eigenvalue weighted by molar-refractivity contribution is 8.00. The van der Waals surface area contributed by atoms with Gasteiger partial charge in [-0.15, -0.1) is 22.0 Å². The number of aliphatic carboxylic acids is 2. The van der Waals surface area contributed by atoms with Crippen LogP contribution in [0.15, 0.2) is 58.0 Å². The summed E-state index contributed by atoms with van der Waals surface area (Å²) < 4.78 is 6.94. The maximum absolute atomic E-state index is 13.5. The van der Waals surface area contributed by atoms with Gasteiger partial charge in [0.25, 0.3) is 11.4 Å². The fourth-order valence-electron chi connectivity index (χ4n) is 5.64. The van der Waals surface area contributed by atoms with Gasteiger partial charge in [-0.1, -0.05) is 25.0 Å². The number of aryl methyl sites for hydroxylation is 2. The Hall–Kier alpha value is -6.15. The predicted octanol–water partition coefficient (Wildman–Crippen LogP) is 1.99. The Morgan fingerprint density at radius 3 is 2.39 bits per heavy atom. The van der Waals surface area contributed by atoms with Crippen LogP contribution >= 0.6 is 11.8 Å². The van der Waals surface area contributed by atoms with Gasteiger partial charge in [0.15, 0.2) is 0 Å². The number of urea groups is 1. The molecule has 0 saturated carbocycles. The van der Waals surface area contributed by atoms with E-state index in [-0.39, 0.29) is 29.8 Å². The molecule has 1 unspecified atom stereocenters. The van der Waals surface area contributed by atoms with E-state index in [1.54, 1.807) is 54.5 Å². The standard InChI is InChI=1S/C36H42N10O9S/c1-21-42-43-32(55-21)26-14-28(22-6-8-25(9-7-22)41-36(54)45-18-23-10-12-38-16-24(23)19-45)44-46(33(26)49)13-5-3-2-4-11-39-31(48)17-40-30(47)15-29(35(52)53)56-20-27(37)34(50)51/h6-10,12,14,16,27,29H,2-5,11,13,15,17-20,37H2,1H3,(H,39,48)(H,40,47)(H,41,54)(H,50,51)(H,52,53)/t27-,29?/m0/s1. The molecule has 0 aliphatic carbocycles. The minimum atomic E-state index is -1.29. The minimum Gasteiger partial charge on any atom is -0.480 e. The number of benzene rings is 1. The molecule has 1 aliphatic rings. The van der Waals surface area contributed by atoms with E-state index in [1.165, 1.54) is 4.68 Å². The van der Waals surface area contributed by atoms with Gasteiger partial charge in [0.1, 0.15) is 16.9 Å². The van der Waals surface area contributed by atoms with E-state index in [0.29, 0.717) is 68.3 Å². The Balaban J connectivity index is 1.08. The first-order valence-corrected chi connectivity index (χ1v) is 18.8. The molecule has 0 radical (unpaired) electrons. The number of rotatable bonds is 19. The number of unbranched alkanes of at least 4 members (excludes halogenated alkanes) is 3. The van der Waals surface area contributed by atoms with Crippen molar-refractivity contribution in [3.05, 3.63) is 76.2 Å². The maximum Gasteiger partial charge on any atom is 0.322 e. The maximum atomic E-state index is 13.5. The number of anilines is 1. The van der Waals surface area contributed by atoms with E-state index in [2.05, 4.69) is 36.2 Å². The van der Waals surface area contributed by atoms with Crippen molar-refractivity contribution in [1.29, 1.82) is 0 Å². The van der Waals surface area contributed by atoms with Gasteiger partial charge >= 0.3 is 18.0 Å². The van der Waals surface area contributed by atoms with Crippen LogP contribution in [0.3, 0.4) is 0 Å². The van der Waals surface area contributed by atoms with Gasteiger partial charge in [0.05, 0.1) is 12.2 Å². The van der Waals surface area contributed by atoms with E-state index >= 15 is 0 Å². The zero-order chi connectivity index (χ0) is 40.2. The average molecular weight is 791 g/mol. The van der Waals surface area contributed by atoms with Gasteiger partial charge in [0, 0.05) is 68.9 Å². The summed E-state index contributed by atoms with van der Waals surface area (Å²) in [6, 6.07) is 9.12. The molecule has 19 nitrogen and oxygen atoms in total. The molecule has 4 amide bonds. The van der Waals surface area contributed by atoms with Gasteiger partial charge < -0.3 is 41.2 Å². The summed E-state index contributed by atoms with van der Waals surface area (Å²) in [7, 11) is 0. The Bertz CT molecular complexity index is 2080. The molecule has 4 heterocycles. The first kappa shape index (κ1) is 41.0. The molecule has 0 spiro atoms. The van der Waals surface area contributed by atoms with Gasteiger partial charge in [-0.25, -0.2) is 9.48 Å². The van der Waals surface area contributed by atoms with Crippen LogP contribution in [0.5, 0.6) is 0 Å². The molecule has 1 aromatic carbocycles. The second-order valence-electron chi connectivity index (χ2n) is 13.0. The molecule has 296 valence electrons. The second kappa shape index (κ2) is 19.4. The molecule has 0 saturated heterocycles. The normalized spacial score (nSPS) is 13.1. The highest BCUT2D eigenvalue weighted by Gasteiger charge is 2.25. The number of nitrogens with two attached hydrogens (primary N) is 1. The molecule has 3 aromatic heterocycles. The molecule has 0 fully saturated rings. The van der Waals surface area contributed by atoms with Crippen LogP contribution in [0, 0.1) is 6.92 Å². The van der Waals surface area contributed by atoms with Crippen LogP contribution in [-0.2, 0) is 38.8 Å². The monoisotopic (exact) mass is 790 g/mol. The third-order valence-corrected chi connectivity index (χ3v) is 10.0. The number of aromatic nitrogens is 5. The van der Waals surface area contributed by atoms with Crippen molar-refractivity contribution < 1.29 is 38.6 Å². The number of carbonyl (C=O) groups is 5. The number of thioether (sulfide) groups is 1. The topological polar surface area (TPSA) is 278 Å². The number of carbonyl (C=O) groups excluding carboxylic acids is 3. The van der Waals surface area contributed by atoms with Gasteiger partial charge in [-0.05, 0) is 48.2 Å². The van der Waals surface area contributed by atoms with E-state index in [9.17, 15) is 33.9 Å². The highest BCUT2D eigenvalue weighted by Crippen LogP contribution is 2.25. The molecular formula is C36H42N10O9S. The van der Waals surface area contributed by atoms with Crippen molar-refractivity contribution in [3.63, 3.8) is 0 Å². The van der Waals surface area contributed by atoms with E-state index in [0.717, 1.165) is 29.3 Å². The van der Waals surface area contributed by atoms with Crippen LogP contribution in [0.1, 0.15) is 49.1 Å². The lowest BCUT2D eigenvalue weighted by molar-refractivity contribution is -0.139. The zero-order valence-corrected chi connectivity index (χ0v) is 31.3. The van der Waals surface area contributed by atoms with E-state index in [4.69, 9.17) is 15.3 Å². The largest absolute Gasteiger partial charge is 0.480 e. The Labute approximate surface area is 324 Å². The van der Waals surface area contributed by atoms with Crippen molar-refractivity contribution in [3.8, 4) is 22.7 Å². The van der Waals surface area contributed by atoms with Crippen LogP contribution in [0.4, 0.5) is 10.5 Å². The van der Waals surface area contributed by atoms with Crippen molar-refractivity contribution in [1.82, 2.24) is 40.5 Å². The number of amides is 4. The first-order valence-electron chi connectivity index (χ1n) is 17.7. The fraction of sp³-hybridized carbons (Fsp3) is 0.389. The molecule has 1 aliphatic heterocycles. The first-order chi connectivity index (χ1) is 26.9. The molecule has 20 heteroatoms. The Morgan fingerprint density at radius 2 is 1.70 bits per heavy atom. The van der Waals surface area contributed by atoms with Crippen molar-refractivity contribution in [2.75, 3.05) is 24.2 Å². The van der Waals surface area contributed by atoms with Crippen molar-refractivity contribution in [2.45, 2.75) is 70.0 Å². The number of hydrogen-bond acceptors (Lipinski definition) is 13. The van der Waals surface area contributed by atoms with Crippen LogP contribution in [-0.4, -0.2) is 100.0 Å². The lowest BCUT2D eigenvalue weighted by Crippen LogP contribution is -2.39. The summed E-state index contributed by atoms with van der Waals surface area (Å²) in [6.45, 7) is 2.89. The van der Waals surface area contributed by atoms with Gasteiger partial charge in [0.2, 0.25) is 17.7 Å². The van der Waals surface area contributed by atoms with E-state index in [1.807, 2.05) is 6.07 Å². The van der Waals surface area contributed by atoms with Gasteiger partial charge in [-0.3, -0.25) is 29.0 Å². The SMILES string of the molecule is Cc1nnc(-c2cc(-c3ccc(NC(=O)N4Cc5ccncc5C4)cc3)nn(CCCCCCNC(=O)CNC(=O)CC(SC[C@H](N)C(=O)O)C(=O)O)c2=O)o1. The molecule has 4 aromatic rings.